The van der Waals surface area contributed by atoms with E-state index in [0.717, 1.165) is 37.9 Å². The fourth-order valence-corrected chi connectivity index (χ4v) is 2.47. The van der Waals surface area contributed by atoms with Crippen molar-refractivity contribution in [3.8, 4) is 17.7 Å². The SMILES string of the molecule is CCCn1cc(Oc2nc3c(cc2C#N)CCC3)cn1. The highest BCUT2D eigenvalue weighted by Gasteiger charge is 2.18. The van der Waals surface area contributed by atoms with Gasteiger partial charge in [-0.15, -0.1) is 0 Å². The largest absolute Gasteiger partial charge is 0.434 e. The van der Waals surface area contributed by atoms with Crippen LogP contribution in [0.25, 0.3) is 0 Å². The summed E-state index contributed by atoms with van der Waals surface area (Å²) in [5, 5.41) is 13.4. The summed E-state index contributed by atoms with van der Waals surface area (Å²) < 4.78 is 7.56. The van der Waals surface area contributed by atoms with E-state index >= 15 is 0 Å². The number of hydrogen-bond donors (Lipinski definition) is 0. The van der Waals surface area contributed by atoms with Gasteiger partial charge in [0.15, 0.2) is 5.75 Å². The van der Waals surface area contributed by atoms with Crippen LogP contribution < -0.4 is 4.74 Å². The van der Waals surface area contributed by atoms with Crippen molar-refractivity contribution >= 4 is 0 Å². The minimum absolute atomic E-state index is 0.393. The highest BCUT2D eigenvalue weighted by atomic mass is 16.5. The third-order valence-electron chi connectivity index (χ3n) is 3.41. The molecule has 5 nitrogen and oxygen atoms in total. The Morgan fingerprint density at radius 1 is 1.45 bits per heavy atom. The molecule has 0 radical (unpaired) electrons. The third-order valence-corrected chi connectivity index (χ3v) is 3.41. The molecule has 2 aromatic heterocycles. The van der Waals surface area contributed by atoms with Crippen molar-refractivity contribution in [2.75, 3.05) is 0 Å². The molecule has 0 atom stereocenters. The molecule has 1 aliphatic carbocycles. The lowest BCUT2D eigenvalue weighted by Gasteiger charge is -2.06. The molecule has 0 amide bonds. The van der Waals surface area contributed by atoms with Gasteiger partial charge in [0, 0.05) is 12.2 Å². The normalized spacial score (nSPS) is 13.0. The molecule has 5 heteroatoms. The van der Waals surface area contributed by atoms with E-state index in [9.17, 15) is 5.26 Å². The number of hydrogen-bond acceptors (Lipinski definition) is 4. The maximum Gasteiger partial charge on any atom is 0.237 e. The molecule has 20 heavy (non-hydrogen) atoms. The lowest BCUT2D eigenvalue weighted by molar-refractivity contribution is 0.457. The molecule has 0 bridgehead atoms. The average molecular weight is 268 g/mol. The molecule has 0 fully saturated rings. The van der Waals surface area contributed by atoms with Crippen LogP contribution in [0.2, 0.25) is 0 Å². The van der Waals surface area contributed by atoms with Crippen LogP contribution in [-0.2, 0) is 19.4 Å². The topological polar surface area (TPSA) is 63.7 Å². The summed E-state index contributed by atoms with van der Waals surface area (Å²) in [7, 11) is 0. The first-order valence-electron chi connectivity index (χ1n) is 6.93. The van der Waals surface area contributed by atoms with Crippen molar-refractivity contribution in [2.24, 2.45) is 0 Å². The van der Waals surface area contributed by atoms with Gasteiger partial charge in [-0.1, -0.05) is 6.92 Å². The van der Waals surface area contributed by atoms with Crippen LogP contribution in [0.3, 0.4) is 0 Å². The van der Waals surface area contributed by atoms with E-state index < -0.39 is 0 Å². The van der Waals surface area contributed by atoms with Crippen LogP contribution in [0.4, 0.5) is 0 Å². The highest BCUT2D eigenvalue weighted by molar-refractivity contribution is 5.45. The van der Waals surface area contributed by atoms with E-state index in [1.54, 1.807) is 6.20 Å². The fourth-order valence-electron chi connectivity index (χ4n) is 2.47. The van der Waals surface area contributed by atoms with E-state index in [1.165, 1.54) is 5.56 Å². The maximum atomic E-state index is 9.23. The van der Waals surface area contributed by atoms with Crippen molar-refractivity contribution in [3.63, 3.8) is 0 Å². The number of aryl methyl sites for hydroxylation is 3. The van der Waals surface area contributed by atoms with Crippen molar-refractivity contribution < 1.29 is 4.74 Å². The molecule has 0 saturated carbocycles. The summed E-state index contributed by atoms with van der Waals surface area (Å²) in [6.45, 7) is 2.95. The molecule has 0 saturated heterocycles. The maximum absolute atomic E-state index is 9.23. The quantitative estimate of drug-likeness (QED) is 0.855. The Morgan fingerprint density at radius 2 is 2.35 bits per heavy atom. The lowest BCUT2D eigenvalue weighted by atomic mass is 10.1. The Hall–Kier alpha value is -2.35. The zero-order valence-electron chi connectivity index (χ0n) is 11.5. The molecule has 2 heterocycles. The monoisotopic (exact) mass is 268 g/mol. The Kier molecular flexibility index (Phi) is 3.38. The minimum atomic E-state index is 0.393. The lowest BCUT2D eigenvalue weighted by Crippen LogP contribution is -1.97. The smallest absolute Gasteiger partial charge is 0.237 e. The van der Waals surface area contributed by atoms with Gasteiger partial charge in [0.25, 0.3) is 0 Å². The Morgan fingerprint density at radius 3 is 3.15 bits per heavy atom. The summed E-state index contributed by atoms with van der Waals surface area (Å²) in [4.78, 5) is 4.49. The Balaban J connectivity index is 1.88. The van der Waals surface area contributed by atoms with Crippen molar-refractivity contribution in [3.05, 3.63) is 35.3 Å². The number of nitriles is 1. The average Bonchev–Trinajstić information content (AvgIpc) is 3.07. The van der Waals surface area contributed by atoms with Crippen LogP contribution in [-0.4, -0.2) is 14.8 Å². The van der Waals surface area contributed by atoms with Gasteiger partial charge < -0.3 is 4.74 Å². The summed E-state index contributed by atoms with van der Waals surface area (Å²) in [6, 6.07) is 4.07. The first-order chi connectivity index (χ1) is 9.80. The molecule has 1 aliphatic rings. The molecule has 3 rings (SSSR count). The third kappa shape index (κ3) is 2.37. The minimum Gasteiger partial charge on any atom is -0.434 e. The Bertz CT molecular complexity index is 669. The van der Waals surface area contributed by atoms with Crippen LogP contribution >= 0.6 is 0 Å². The second-order valence-electron chi connectivity index (χ2n) is 4.95. The van der Waals surface area contributed by atoms with Gasteiger partial charge in [0.1, 0.15) is 11.6 Å². The molecular weight excluding hydrogens is 252 g/mol. The van der Waals surface area contributed by atoms with Gasteiger partial charge in [-0.05, 0) is 37.3 Å². The number of fused-ring (bicyclic) bond motifs is 1. The number of ether oxygens (including phenoxy) is 1. The summed E-state index contributed by atoms with van der Waals surface area (Å²) in [5.74, 6) is 1.02. The van der Waals surface area contributed by atoms with E-state index in [0.29, 0.717) is 17.2 Å². The standard InChI is InChI=1S/C15H16N4O/c1-2-6-19-10-13(9-17-19)20-15-12(8-16)7-11-4-3-5-14(11)18-15/h7,9-10H,2-6H2,1H3. The molecule has 2 aromatic rings. The number of aromatic nitrogens is 3. The first-order valence-corrected chi connectivity index (χ1v) is 6.93. The van der Waals surface area contributed by atoms with E-state index in [1.807, 2.05) is 16.9 Å². The second-order valence-corrected chi connectivity index (χ2v) is 4.95. The van der Waals surface area contributed by atoms with Gasteiger partial charge in [0.05, 0.1) is 12.4 Å². The van der Waals surface area contributed by atoms with Gasteiger partial charge >= 0.3 is 0 Å². The summed E-state index contributed by atoms with van der Waals surface area (Å²) >= 11 is 0. The molecule has 0 N–H and O–H groups in total. The molecule has 0 aliphatic heterocycles. The van der Waals surface area contributed by atoms with Crippen molar-refractivity contribution in [2.45, 2.75) is 39.2 Å². The fraction of sp³-hybridized carbons (Fsp3) is 0.400. The molecule has 102 valence electrons. The van der Waals surface area contributed by atoms with Gasteiger partial charge in [-0.3, -0.25) is 4.68 Å². The number of rotatable bonds is 4. The molecular formula is C15H16N4O. The molecule has 0 unspecified atom stereocenters. The van der Waals surface area contributed by atoms with Crippen LogP contribution in [0.5, 0.6) is 11.6 Å². The van der Waals surface area contributed by atoms with E-state index in [-0.39, 0.29) is 0 Å². The van der Waals surface area contributed by atoms with E-state index in [4.69, 9.17) is 4.74 Å². The summed E-state index contributed by atoms with van der Waals surface area (Å²) in [5.41, 5.74) is 2.73. The van der Waals surface area contributed by atoms with Gasteiger partial charge in [-0.2, -0.15) is 10.4 Å². The van der Waals surface area contributed by atoms with E-state index in [2.05, 4.69) is 23.1 Å². The second kappa shape index (κ2) is 5.33. The predicted molar refractivity (Wildman–Crippen MR) is 73.6 cm³/mol. The van der Waals surface area contributed by atoms with Gasteiger partial charge in [-0.25, -0.2) is 4.98 Å². The molecule has 0 spiro atoms. The van der Waals surface area contributed by atoms with Crippen molar-refractivity contribution in [1.82, 2.24) is 14.8 Å². The first kappa shape index (κ1) is 12.7. The zero-order chi connectivity index (χ0) is 13.9. The highest BCUT2D eigenvalue weighted by Crippen LogP contribution is 2.29. The van der Waals surface area contributed by atoms with Crippen LogP contribution in [0.1, 0.15) is 36.6 Å². The molecule has 0 aromatic carbocycles. The predicted octanol–water partition coefficient (Wildman–Crippen LogP) is 2.84. The zero-order valence-corrected chi connectivity index (χ0v) is 11.5. The van der Waals surface area contributed by atoms with Gasteiger partial charge in [0.2, 0.25) is 5.88 Å². The Labute approximate surface area is 117 Å². The van der Waals surface area contributed by atoms with Crippen molar-refractivity contribution in [1.29, 1.82) is 5.26 Å². The van der Waals surface area contributed by atoms with Crippen LogP contribution in [0, 0.1) is 11.3 Å². The van der Waals surface area contributed by atoms with Crippen LogP contribution in [0.15, 0.2) is 18.5 Å². The number of nitrogens with zero attached hydrogens (tertiary/aromatic N) is 4. The summed E-state index contributed by atoms with van der Waals surface area (Å²) in [6.07, 6.45) is 7.58. The number of pyridine rings is 1.